The zero-order chi connectivity index (χ0) is 19.1. The van der Waals surface area contributed by atoms with Gasteiger partial charge in [-0.25, -0.2) is 0 Å². The summed E-state index contributed by atoms with van der Waals surface area (Å²) in [5.74, 6) is 1.26. The molecule has 27 heavy (non-hydrogen) atoms. The summed E-state index contributed by atoms with van der Waals surface area (Å²) >= 11 is 0. The predicted octanol–water partition coefficient (Wildman–Crippen LogP) is 3.72. The maximum atomic E-state index is 11.0. The molecule has 0 aromatic heterocycles. The Morgan fingerprint density at radius 2 is 1.85 bits per heavy atom. The molecule has 2 aromatic rings. The molecule has 0 bridgehead atoms. The molecule has 4 heteroatoms. The van der Waals surface area contributed by atoms with E-state index in [0.717, 1.165) is 49.5 Å². The SMILES string of the molecule is CCC(C)c1ccc(OCc2ccccc2)c(C(O)CN2CCNCC2)c1. The van der Waals surface area contributed by atoms with Crippen molar-refractivity contribution in [3.8, 4) is 5.75 Å². The molecule has 0 aliphatic carbocycles. The van der Waals surface area contributed by atoms with E-state index in [9.17, 15) is 5.11 Å². The number of nitrogens with one attached hydrogen (secondary N) is 1. The standard InChI is InChI=1S/C23H32N2O2/c1-3-18(2)20-9-10-23(27-17-19-7-5-4-6-8-19)21(15-20)22(26)16-25-13-11-24-12-14-25/h4-10,15,18,22,24,26H,3,11-14,16-17H2,1-2H3. The number of rotatable bonds is 8. The second-order valence-corrected chi connectivity index (χ2v) is 7.45. The van der Waals surface area contributed by atoms with E-state index in [0.29, 0.717) is 19.1 Å². The van der Waals surface area contributed by atoms with Crippen molar-refractivity contribution < 1.29 is 9.84 Å². The monoisotopic (exact) mass is 368 g/mol. The summed E-state index contributed by atoms with van der Waals surface area (Å²) in [6, 6.07) is 16.5. The first-order valence-corrected chi connectivity index (χ1v) is 10.1. The molecular weight excluding hydrogens is 336 g/mol. The zero-order valence-electron chi connectivity index (χ0n) is 16.5. The summed E-state index contributed by atoms with van der Waals surface area (Å²) in [7, 11) is 0. The molecule has 0 saturated carbocycles. The van der Waals surface area contributed by atoms with Crippen molar-refractivity contribution in [3.05, 3.63) is 65.2 Å². The first kappa shape index (κ1) is 19.9. The molecule has 1 heterocycles. The topological polar surface area (TPSA) is 44.7 Å². The molecule has 0 spiro atoms. The highest BCUT2D eigenvalue weighted by Gasteiger charge is 2.20. The lowest BCUT2D eigenvalue weighted by Crippen LogP contribution is -2.45. The predicted molar refractivity (Wildman–Crippen MR) is 110 cm³/mol. The van der Waals surface area contributed by atoms with Gasteiger partial charge < -0.3 is 15.2 Å². The number of ether oxygens (including phenoxy) is 1. The van der Waals surface area contributed by atoms with Crippen LogP contribution < -0.4 is 10.1 Å². The lowest BCUT2D eigenvalue weighted by atomic mass is 9.94. The number of benzene rings is 2. The molecule has 2 aromatic carbocycles. The lowest BCUT2D eigenvalue weighted by Gasteiger charge is -2.30. The average molecular weight is 369 g/mol. The lowest BCUT2D eigenvalue weighted by molar-refractivity contribution is 0.102. The van der Waals surface area contributed by atoms with Crippen molar-refractivity contribution >= 4 is 0 Å². The fraction of sp³-hybridized carbons (Fsp3) is 0.478. The van der Waals surface area contributed by atoms with Gasteiger partial charge in [0.1, 0.15) is 12.4 Å². The summed E-state index contributed by atoms with van der Waals surface area (Å²) in [5.41, 5.74) is 3.30. The molecular formula is C23H32N2O2. The van der Waals surface area contributed by atoms with E-state index in [2.05, 4.69) is 48.3 Å². The Kier molecular flexibility index (Phi) is 7.27. The van der Waals surface area contributed by atoms with Crippen molar-refractivity contribution in [2.24, 2.45) is 0 Å². The third-order valence-corrected chi connectivity index (χ3v) is 5.45. The Balaban J connectivity index is 1.78. The van der Waals surface area contributed by atoms with Crippen molar-refractivity contribution in [3.63, 3.8) is 0 Å². The van der Waals surface area contributed by atoms with Crippen molar-refractivity contribution in [2.75, 3.05) is 32.7 Å². The molecule has 4 nitrogen and oxygen atoms in total. The number of β-amino-alcohol motifs (C(OH)–C–C–N with tert-alkyl or cyclic N) is 1. The molecule has 1 fully saturated rings. The van der Waals surface area contributed by atoms with Crippen LogP contribution in [-0.2, 0) is 6.61 Å². The Bertz CT molecular complexity index is 699. The molecule has 2 unspecified atom stereocenters. The van der Waals surface area contributed by atoms with Crippen LogP contribution in [0.25, 0.3) is 0 Å². The summed E-state index contributed by atoms with van der Waals surface area (Å²) in [4.78, 5) is 2.32. The fourth-order valence-electron chi connectivity index (χ4n) is 3.47. The van der Waals surface area contributed by atoms with Crippen LogP contribution in [0.15, 0.2) is 48.5 Å². The van der Waals surface area contributed by atoms with Gasteiger partial charge in [0.15, 0.2) is 0 Å². The van der Waals surface area contributed by atoms with Gasteiger partial charge >= 0.3 is 0 Å². The highest BCUT2D eigenvalue weighted by atomic mass is 16.5. The Hall–Kier alpha value is -1.88. The molecule has 2 N–H and O–H groups in total. The minimum atomic E-state index is -0.544. The summed E-state index contributed by atoms with van der Waals surface area (Å²) in [6.45, 7) is 9.50. The maximum absolute atomic E-state index is 11.0. The van der Waals surface area contributed by atoms with E-state index in [1.165, 1.54) is 5.56 Å². The van der Waals surface area contributed by atoms with Crippen LogP contribution in [0.3, 0.4) is 0 Å². The van der Waals surface area contributed by atoms with Gasteiger partial charge in [-0.05, 0) is 35.6 Å². The number of hydrogen-bond acceptors (Lipinski definition) is 4. The highest BCUT2D eigenvalue weighted by Crippen LogP contribution is 2.31. The molecule has 0 amide bonds. The molecule has 146 valence electrons. The normalized spacial score (nSPS) is 17.4. The van der Waals surface area contributed by atoms with Crippen molar-refractivity contribution in [2.45, 2.75) is 38.9 Å². The van der Waals surface area contributed by atoms with E-state index in [1.54, 1.807) is 0 Å². The minimum Gasteiger partial charge on any atom is -0.489 e. The summed E-state index contributed by atoms with van der Waals surface area (Å²) in [5, 5.41) is 14.3. The van der Waals surface area contributed by atoms with Gasteiger partial charge in [0.05, 0.1) is 6.10 Å². The van der Waals surface area contributed by atoms with Crippen molar-refractivity contribution in [1.82, 2.24) is 10.2 Å². The molecule has 1 saturated heterocycles. The van der Waals surface area contributed by atoms with Gasteiger partial charge in [-0.2, -0.15) is 0 Å². The molecule has 2 atom stereocenters. The number of aliphatic hydroxyl groups excluding tert-OH is 1. The number of piperazine rings is 1. The van der Waals surface area contributed by atoms with Crippen LogP contribution in [0.2, 0.25) is 0 Å². The van der Waals surface area contributed by atoms with Crippen LogP contribution >= 0.6 is 0 Å². The van der Waals surface area contributed by atoms with Gasteiger partial charge in [-0.15, -0.1) is 0 Å². The second kappa shape index (κ2) is 9.88. The molecule has 3 rings (SSSR count). The van der Waals surface area contributed by atoms with Crippen LogP contribution in [-0.4, -0.2) is 42.7 Å². The van der Waals surface area contributed by atoms with E-state index in [-0.39, 0.29) is 0 Å². The summed E-state index contributed by atoms with van der Waals surface area (Å²) in [6.07, 6.45) is 0.537. The van der Waals surface area contributed by atoms with E-state index < -0.39 is 6.10 Å². The fourth-order valence-corrected chi connectivity index (χ4v) is 3.47. The summed E-state index contributed by atoms with van der Waals surface area (Å²) < 4.78 is 6.11. The Morgan fingerprint density at radius 3 is 2.56 bits per heavy atom. The van der Waals surface area contributed by atoms with Crippen LogP contribution in [0, 0.1) is 0 Å². The first-order chi connectivity index (χ1) is 13.2. The minimum absolute atomic E-state index is 0.471. The van der Waals surface area contributed by atoms with E-state index in [4.69, 9.17) is 4.74 Å². The largest absolute Gasteiger partial charge is 0.489 e. The third kappa shape index (κ3) is 5.55. The average Bonchev–Trinajstić information content (AvgIpc) is 2.73. The smallest absolute Gasteiger partial charge is 0.125 e. The number of hydrogen-bond donors (Lipinski definition) is 2. The van der Waals surface area contributed by atoms with Crippen LogP contribution in [0.1, 0.15) is 49.0 Å². The quantitative estimate of drug-likeness (QED) is 0.745. The van der Waals surface area contributed by atoms with Gasteiger partial charge in [0, 0.05) is 38.3 Å². The van der Waals surface area contributed by atoms with Crippen molar-refractivity contribution in [1.29, 1.82) is 0 Å². The Morgan fingerprint density at radius 1 is 1.11 bits per heavy atom. The number of aliphatic hydroxyl groups is 1. The highest BCUT2D eigenvalue weighted by molar-refractivity contribution is 5.40. The number of nitrogens with zero attached hydrogens (tertiary/aromatic N) is 1. The van der Waals surface area contributed by atoms with Crippen LogP contribution in [0.4, 0.5) is 0 Å². The van der Waals surface area contributed by atoms with Gasteiger partial charge in [-0.1, -0.05) is 50.2 Å². The Labute approximate surface area is 163 Å². The maximum Gasteiger partial charge on any atom is 0.125 e. The van der Waals surface area contributed by atoms with Gasteiger partial charge in [0.2, 0.25) is 0 Å². The first-order valence-electron chi connectivity index (χ1n) is 10.1. The van der Waals surface area contributed by atoms with Crippen LogP contribution in [0.5, 0.6) is 5.75 Å². The van der Waals surface area contributed by atoms with Gasteiger partial charge in [-0.3, -0.25) is 4.90 Å². The van der Waals surface area contributed by atoms with Gasteiger partial charge in [0.25, 0.3) is 0 Å². The molecule has 1 aliphatic rings. The molecule has 0 radical (unpaired) electrons. The van der Waals surface area contributed by atoms with E-state index >= 15 is 0 Å². The zero-order valence-corrected chi connectivity index (χ0v) is 16.5. The molecule has 1 aliphatic heterocycles. The van der Waals surface area contributed by atoms with E-state index in [1.807, 2.05) is 24.3 Å². The second-order valence-electron chi connectivity index (χ2n) is 7.45. The third-order valence-electron chi connectivity index (χ3n) is 5.45.